The van der Waals surface area contributed by atoms with Gasteiger partial charge in [0.2, 0.25) is 5.82 Å². The second-order valence-electron chi connectivity index (χ2n) is 5.72. The van der Waals surface area contributed by atoms with Gasteiger partial charge in [-0.3, -0.25) is 9.69 Å². The van der Waals surface area contributed by atoms with Gasteiger partial charge < -0.3 is 4.98 Å². The Morgan fingerprint density at radius 2 is 2.12 bits per heavy atom. The molecule has 0 aliphatic carbocycles. The third kappa shape index (κ3) is 3.53. The van der Waals surface area contributed by atoms with Gasteiger partial charge in [-0.25, -0.2) is 9.37 Å². The van der Waals surface area contributed by atoms with Crippen molar-refractivity contribution < 1.29 is 17.6 Å². The fraction of sp³-hybridized carbons (Fsp3) is 0.312. The fourth-order valence-corrected chi connectivity index (χ4v) is 2.76. The average molecular weight is 352 g/mol. The summed E-state index contributed by atoms with van der Waals surface area (Å²) in [5.41, 5.74) is 0.0593. The molecule has 0 atom stereocenters. The summed E-state index contributed by atoms with van der Waals surface area (Å²) in [6, 6.07) is 5.94. The van der Waals surface area contributed by atoms with Gasteiger partial charge in [0.25, 0.3) is 5.56 Å². The summed E-state index contributed by atoms with van der Waals surface area (Å²) in [5.74, 6) is -1.93. The monoisotopic (exact) mass is 352 g/mol. The molecule has 3 rings (SSSR count). The molecule has 0 saturated heterocycles. The molecule has 1 aliphatic heterocycles. The van der Waals surface area contributed by atoms with Crippen molar-refractivity contribution in [1.29, 1.82) is 5.26 Å². The molecular formula is C16H12F4N4O. The summed E-state index contributed by atoms with van der Waals surface area (Å²) in [6.07, 6.45) is -4.51. The van der Waals surface area contributed by atoms with E-state index in [0.29, 0.717) is 18.7 Å². The van der Waals surface area contributed by atoms with Gasteiger partial charge >= 0.3 is 6.18 Å². The first-order chi connectivity index (χ1) is 11.8. The molecule has 1 aliphatic rings. The predicted molar refractivity (Wildman–Crippen MR) is 78.8 cm³/mol. The first-order valence-corrected chi connectivity index (χ1v) is 7.38. The Kier molecular flexibility index (Phi) is 4.30. The number of rotatable bonds is 2. The van der Waals surface area contributed by atoms with E-state index in [2.05, 4.69) is 4.98 Å². The van der Waals surface area contributed by atoms with Gasteiger partial charge in [-0.15, -0.1) is 0 Å². The molecule has 1 aromatic heterocycles. The summed E-state index contributed by atoms with van der Waals surface area (Å²) >= 11 is 0. The Bertz CT molecular complexity index is 914. The van der Waals surface area contributed by atoms with Crippen molar-refractivity contribution in [2.24, 2.45) is 0 Å². The third-order valence-electron chi connectivity index (χ3n) is 3.98. The number of H-pyrrole nitrogens is 1. The maximum atomic E-state index is 13.7. The SMILES string of the molecule is N#Cc1ccc(CN2CCc3nc(C(F)(F)F)[nH]c(=O)c3C2)cc1F. The van der Waals surface area contributed by atoms with Crippen molar-refractivity contribution in [3.8, 4) is 6.07 Å². The highest BCUT2D eigenvalue weighted by Gasteiger charge is 2.35. The number of aromatic nitrogens is 2. The second-order valence-corrected chi connectivity index (χ2v) is 5.72. The van der Waals surface area contributed by atoms with E-state index in [1.807, 2.05) is 4.90 Å². The van der Waals surface area contributed by atoms with Crippen LogP contribution in [-0.4, -0.2) is 21.4 Å². The highest BCUT2D eigenvalue weighted by Crippen LogP contribution is 2.26. The smallest absolute Gasteiger partial charge is 0.303 e. The minimum absolute atomic E-state index is 0.0620. The van der Waals surface area contributed by atoms with Crippen LogP contribution in [0.1, 0.15) is 28.2 Å². The van der Waals surface area contributed by atoms with Crippen LogP contribution in [0.25, 0.3) is 0 Å². The zero-order valence-corrected chi connectivity index (χ0v) is 12.8. The lowest BCUT2D eigenvalue weighted by molar-refractivity contribution is -0.145. The molecule has 2 aromatic rings. The van der Waals surface area contributed by atoms with Crippen LogP contribution in [-0.2, 0) is 25.7 Å². The number of hydrogen-bond acceptors (Lipinski definition) is 4. The Labute approximate surface area is 139 Å². The Balaban J connectivity index is 1.81. The molecule has 0 saturated carbocycles. The molecule has 9 heteroatoms. The first-order valence-electron chi connectivity index (χ1n) is 7.38. The van der Waals surface area contributed by atoms with Crippen molar-refractivity contribution in [2.75, 3.05) is 6.54 Å². The summed E-state index contributed by atoms with van der Waals surface area (Å²) in [5, 5.41) is 8.72. The van der Waals surface area contributed by atoms with E-state index in [1.54, 1.807) is 17.1 Å². The second kappa shape index (κ2) is 6.29. The Morgan fingerprint density at radius 3 is 2.76 bits per heavy atom. The van der Waals surface area contributed by atoms with E-state index in [1.165, 1.54) is 12.1 Å². The quantitative estimate of drug-likeness (QED) is 0.842. The summed E-state index contributed by atoms with van der Waals surface area (Å²) < 4.78 is 51.8. The topological polar surface area (TPSA) is 72.8 Å². The average Bonchev–Trinajstić information content (AvgIpc) is 2.54. The lowest BCUT2D eigenvalue weighted by Crippen LogP contribution is -2.36. The molecule has 130 valence electrons. The molecule has 1 N–H and O–H groups in total. The fourth-order valence-electron chi connectivity index (χ4n) is 2.76. The minimum atomic E-state index is -4.70. The molecule has 5 nitrogen and oxygen atoms in total. The lowest BCUT2D eigenvalue weighted by atomic mass is 10.1. The van der Waals surface area contributed by atoms with Gasteiger partial charge in [-0.2, -0.15) is 18.4 Å². The van der Waals surface area contributed by atoms with Crippen molar-refractivity contribution in [3.05, 3.63) is 62.6 Å². The first kappa shape index (κ1) is 17.1. The zero-order valence-electron chi connectivity index (χ0n) is 12.8. The Morgan fingerprint density at radius 1 is 1.36 bits per heavy atom. The van der Waals surface area contributed by atoms with Crippen LogP contribution in [0.3, 0.4) is 0 Å². The van der Waals surface area contributed by atoms with Crippen molar-refractivity contribution >= 4 is 0 Å². The molecule has 1 aromatic carbocycles. The van der Waals surface area contributed by atoms with Gasteiger partial charge in [0.1, 0.15) is 11.9 Å². The normalized spacial score (nSPS) is 14.8. The van der Waals surface area contributed by atoms with Gasteiger partial charge in [0.15, 0.2) is 0 Å². The number of nitriles is 1. The number of nitrogens with one attached hydrogen (secondary N) is 1. The summed E-state index contributed by atoms with van der Waals surface area (Å²) in [6.45, 7) is 0.822. The highest BCUT2D eigenvalue weighted by molar-refractivity contribution is 5.33. The number of alkyl halides is 3. The number of fused-ring (bicyclic) bond motifs is 1. The van der Waals surface area contributed by atoms with E-state index >= 15 is 0 Å². The van der Waals surface area contributed by atoms with E-state index < -0.39 is 23.4 Å². The molecule has 0 fully saturated rings. The molecule has 25 heavy (non-hydrogen) atoms. The molecule has 0 amide bonds. The molecule has 0 bridgehead atoms. The zero-order chi connectivity index (χ0) is 18.2. The summed E-state index contributed by atoms with van der Waals surface area (Å²) in [4.78, 5) is 19.1. The number of benzene rings is 1. The molecule has 0 unspecified atom stereocenters. The van der Waals surface area contributed by atoms with E-state index in [-0.39, 0.29) is 29.8 Å². The third-order valence-corrected chi connectivity index (χ3v) is 3.98. The Hall–Kier alpha value is -2.73. The van der Waals surface area contributed by atoms with Crippen LogP contribution < -0.4 is 5.56 Å². The van der Waals surface area contributed by atoms with Gasteiger partial charge in [-0.1, -0.05) is 6.07 Å². The number of aromatic amines is 1. The summed E-state index contributed by atoms with van der Waals surface area (Å²) in [7, 11) is 0. The number of nitrogens with zero attached hydrogens (tertiary/aromatic N) is 3. The maximum absolute atomic E-state index is 13.7. The van der Waals surface area contributed by atoms with Crippen LogP contribution in [0, 0.1) is 17.1 Å². The van der Waals surface area contributed by atoms with Crippen molar-refractivity contribution in [2.45, 2.75) is 25.7 Å². The van der Waals surface area contributed by atoms with E-state index in [4.69, 9.17) is 5.26 Å². The minimum Gasteiger partial charge on any atom is -0.303 e. The highest BCUT2D eigenvalue weighted by atomic mass is 19.4. The van der Waals surface area contributed by atoms with E-state index in [0.717, 1.165) is 0 Å². The van der Waals surface area contributed by atoms with Crippen LogP contribution in [0.15, 0.2) is 23.0 Å². The van der Waals surface area contributed by atoms with Crippen LogP contribution >= 0.6 is 0 Å². The standard InChI is InChI=1S/C16H12F4N4O/c17-12-5-9(1-2-10(12)6-21)7-24-4-3-13-11(8-24)14(25)23-15(22-13)16(18,19)20/h1-2,5H,3-4,7-8H2,(H,22,23,25). The van der Waals surface area contributed by atoms with E-state index in [9.17, 15) is 22.4 Å². The van der Waals surface area contributed by atoms with Gasteiger partial charge in [-0.05, 0) is 17.7 Å². The predicted octanol–water partition coefficient (Wildman–Crippen LogP) is 2.36. The molecule has 2 heterocycles. The number of hydrogen-bond donors (Lipinski definition) is 1. The van der Waals surface area contributed by atoms with Gasteiger partial charge in [0, 0.05) is 26.1 Å². The van der Waals surface area contributed by atoms with Gasteiger partial charge in [0.05, 0.1) is 16.8 Å². The number of halogens is 4. The van der Waals surface area contributed by atoms with Crippen LogP contribution in [0.4, 0.5) is 17.6 Å². The molecule has 0 radical (unpaired) electrons. The van der Waals surface area contributed by atoms with Crippen molar-refractivity contribution in [1.82, 2.24) is 14.9 Å². The molecular weight excluding hydrogens is 340 g/mol. The molecule has 0 spiro atoms. The van der Waals surface area contributed by atoms with Crippen molar-refractivity contribution in [3.63, 3.8) is 0 Å². The van der Waals surface area contributed by atoms with Crippen LogP contribution in [0.5, 0.6) is 0 Å². The maximum Gasteiger partial charge on any atom is 0.449 e. The van der Waals surface area contributed by atoms with Crippen LogP contribution in [0.2, 0.25) is 0 Å². The largest absolute Gasteiger partial charge is 0.449 e. The lowest BCUT2D eigenvalue weighted by Gasteiger charge is -2.27.